The molecule has 4 heteroatoms. The topological polar surface area (TPSA) is 37.4 Å². The van der Waals surface area contributed by atoms with E-state index in [9.17, 15) is 0 Å². The van der Waals surface area contributed by atoms with E-state index in [-0.39, 0.29) is 0 Å². The van der Waals surface area contributed by atoms with Crippen LogP contribution in [0.25, 0.3) is 0 Å². The molecule has 2 atom stereocenters. The second kappa shape index (κ2) is 5.97. The number of ether oxygens (including phenoxy) is 1. The molecule has 22 heavy (non-hydrogen) atoms. The van der Waals surface area contributed by atoms with Gasteiger partial charge in [-0.3, -0.25) is 4.98 Å². The Labute approximate surface area is 131 Å². The van der Waals surface area contributed by atoms with Gasteiger partial charge < -0.3 is 15.0 Å². The van der Waals surface area contributed by atoms with Crippen LogP contribution in [0.15, 0.2) is 48.8 Å². The Kier molecular flexibility index (Phi) is 3.69. The van der Waals surface area contributed by atoms with Gasteiger partial charge in [-0.25, -0.2) is 0 Å². The number of nitrogens with zero attached hydrogens (tertiary/aromatic N) is 2. The molecular formula is C18H21N3O. The molecule has 1 N–H and O–H groups in total. The minimum atomic E-state index is 0.583. The summed E-state index contributed by atoms with van der Waals surface area (Å²) in [6.07, 6.45) is 5.05. The maximum Gasteiger partial charge on any atom is 0.140 e. The summed E-state index contributed by atoms with van der Waals surface area (Å²) in [6.45, 7) is 3.93. The Morgan fingerprint density at radius 2 is 2.09 bits per heavy atom. The number of benzene rings is 1. The number of piperidine rings is 1. The van der Waals surface area contributed by atoms with E-state index in [1.165, 1.54) is 17.7 Å². The first kappa shape index (κ1) is 13.6. The van der Waals surface area contributed by atoms with Crippen LogP contribution in [0, 0.1) is 5.92 Å². The Balaban J connectivity index is 1.46. The number of hydrogen-bond donors (Lipinski definition) is 1. The minimum Gasteiger partial charge on any atom is -0.487 e. The van der Waals surface area contributed by atoms with Crippen molar-refractivity contribution in [2.24, 2.45) is 5.92 Å². The van der Waals surface area contributed by atoms with Crippen LogP contribution in [-0.4, -0.2) is 30.7 Å². The van der Waals surface area contributed by atoms with Crippen LogP contribution in [0.4, 0.5) is 5.69 Å². The van der Waals surface area contributed by atoms with Gasteiger partial charge in [-0.15, -0.1) is 0 Å². The van der Waals surface area contributed by atoms with Crippen LogP contribution >= 0.6 is 0 Å². The molecule has 2 aliphatic rings. The van der Waals surface area contributed by atoms with Crippen molar-refractivity contribution in [1.29, 1.82) is 0 Å². The third-order valence-corrected chi connectivity index (χ3v) is 4.59. The van der Waals surface area contributed by atoms with Crippen LogP contribution in [0.5, 0.6) is 5.75 Å². The van der Waals surface area contributed by atoms with Crippen LogP contribution in [0.2, 0.25) is 0 Å². The van der Waals surface area contributed by atoms with Crippen LogP contribution in [0.1, 0.15) is 12.0 Å². The largest absolute Gasteiger partial charge is 0.487 e. The van der Waals surface area contributed by atoms with Crippen LogP contribution in [-0.2, 0) is 6.61 Å². The summed E-state index contributed by atoms with van der Waals surface area (Å²) in [7, 11) is 0. The number of anilines is 1. The highest BCUT2D eigenvalue weighted by Crippen LogP contribution is 2.32. The zero-order chi connectivity index (χ0) is 14.8. The average Bonchev–Trinajstić information content (AvgIpc) is 2.88. The second-order valence-corrected chi connectivity index (χ2v) is 6.22. The fraction of sp³-hybridized carbons (Fsp3) is 0.389. The van der Waals surface area contributed by atoms with Gasteiger partial charge in [-0.2, -0.15) is 0 Å². The van der Waals surface area contributed by atoms with E-state index in [4.69, 9.17) is 4.74 Å². The average molecular weight is 295 g/mol. The van der Waals surface area contributed by atoms with Crippen molar-refractivity contribution in [3.8, 4) is 5.75 Å². The lowest BCUT2D eigenvalue weighted by molar-refractivity contribution is 0.305. The SMILES string of the molecule is c1ccc(COc2cncc(N3CC4CNCC3C4)c2)cc1. The highest BCUT2D eigenvalue weighted by atomic mass is 16.5. The number of hydrogen-bond acceptors (Lipinski definition) is 4. The number of aromatic nitrogens is 1. The van der Waals surface area contributed by atoms with E-state index in [1.807, 2.05) is 24.4 Å². The number of fused-ring (bicyclic) bond motifs is 2. The molecule has 4 nitrogen and oxygen atoms in total. The highest BCUT2D eigenvalue weighted by Gasteiger charge is 2.35. The highest BCUT2D eigenvalue weighted by molar-refractivity contribution is 5.50. The molecule has 2 unspecified atom stereocenters. The van der Waals surface area contributed by atoms with Crippen molar-refractivity contribution in [1.82, 2.24) is 10.3 Å². The first-order valence-electron chi connectivity index (χ1n) is 7.97. The van der Waals surface area contributed by atoms with Crippen molar-refractivity contribution >= 4 is 5.69 Å². The molecule has 0 amide bonds. The molecule has 4 rings (SSSR count). The Hall–Kier alpha value is -2.07. The lowest BCUT2D eigenvalue weighted by Gasteiger charge is -2.26. The van der Waals surface area contributed by atoms with E-state index in [2.05, 4.69) is 33.4 Å². The summed E-state index contributed by atoms with van der Waals surface area (Å²) in [6, 6.07) is 13.0. The third-order valence-electron chi connectivity index (χ3n) is 4.59. The van der Waals surface area contributed by atoms with Crippen LogP contribution in [0.3, 0.4) is 0 Å². The van der Waals surface area contributed by atoms with Gasteiger partial charge in [0.15, 0.2) is 0 Å². The van der Waals surface area contributed by atoms with Crippen LogP contribution < -0.4 is 15.0 Å². The molecule has 1 aromatic heterocycles. The van der Waals surface area contributed by atoms with Crippen molar-refractivity contribution in [2.75, 3.05) is 24.5 Å². The van der Waals surface area contributed by atoms with Crippen molar-refractivity contribution < 1.29 is 4.74 Å². The Morgan fingerprint density at radius 1 is 1.18 bits per heavy atom. The van der Waals surface area contributed by atoms with E-state index in [0.29, 0.717) is 12.6 Å². The monoisotopic (exact) mass is 295 g/mol. The van der Waals surface area contributed by atoms with Gasteiger partial charge in [0.2, 0.25) is 0 Å². The van der Waals surface area contributed by atoms with Gasteiger partial charge in [0.25, 0.3) is 0 Å². The molecule has 114 valence electrons. The molecular weight excluding hydrogens is 274 g/mol. The molecule has 3 heterocycles. The summed E-state index contributed by atoms with van der Waals surface area (Å²) in [5, 5.41) is 3.51. The molecule has 0 aliphatic carbocycles. The normalized spacial score (nSPS) is 23.5. The van der Waals surface area contributed by atoms with Gasteiger partial charge in [-0.05, 0) is 24.4 Å². The summed E-state index contributed by atoms with van der Waals surface area (Å²) in [4.78, 5) is 6.85. The van der Waals surface area contributed by atoms with Gasteiger partial charge in [0.1, 0.15) is 12.4 Å². The molecule has 2 saturated heterocycles. The lowest BCUT2D eigenvalue weighted by atomic mass is 10.0. The maximum atomic E-state index is 5.90. The lowest BCUT2D eigenvalue weighted by Crippen LogP contribution is -2.39. The van der Waals surface area contributed by atoms with E-state index < -0.39 is 0 Å². The van der Waals surface area contributed by atoms with Crippen molar-refractivity contribution in [3.05, 3.63) is 54.4 Å². The summed E-state index contributed by atoms with van der Waals surface area (Å²) < 4.78 is 5.90. The molecule has 0 saturated carbocycles. The van der Waals surface area contributed by atoms with Crippen molar-refractivity contribution in [2.45, 2.75) is 19.1 Å². The second-order valence-electron chi connectivity index (χ2n) is 6.22. The summed E-state index contributed by atoms with van der Waals surface area (Å²) in [5.74, 6) is 1.61. The number of pyridine rings is 1. The first-order chi connectivity index (χ1) is 10.9. The zero-order valence-corrected chi connectivity index (χ0v) is 12.6. The van der Waals surface area contributed by atoms with Gasteiger partial charge in [0.05, 0.1) is 18.1 Å². The smallest absolute Gasteiger partial charge is 0.140 e. The quantitative estimate of drug-likeness (QED) is 0.940. The standard InChI is InChI=1S/C18H21N3O/c1-2-4-14(5-3-1)13-22-18-7-17(10-20-11-18)21-12-15-6-16(21)9-19-8-15/h1-5,7,10-11,15-16,19H,6,8-9,12-13H2. The Bertz CT molecular complexity index is 631. The molecule has 2 aliphatic heterocycles. The predicted octanol–water partition coefficient (Wildman–Crippen LogP) is 2.46. The summed E-state index contributed by atoms with van der Waals surface area (Å²) in [5.41, 5.74) is 2.36. The first-order valence-corrected chi connectivity index (χ1v) is 7.97. The zero-order valence-electron chi connectivity index (χ0n) is 12.6. The van der Waals surface area contributed by atoms with Gasteiger partial charge >= 0.3 is 0 Å². The van der Waals surface area contributed by atoms with E-state index in [1.54, 1.807) is 6.20 Å². The minimum absolute atomic E-state index is 0.583. The molecule has 2 aromatic rings. The molecule has 2 bridgehead atoms. The van der Waals surface area contributed by atoms with E-state index in [0.717, 1.165) is 31.3 Å². The molecule has 0 spiro atoms. The van der Waals surface area contributed by atoms with Crippen molar-refractivity contribution in [3.63, 3.8) is 0 Å². The number of nitrogens with one attached hydrogen (secondary N) is 1. The van der Waals surface area contributed by atoms with Gasteiger partial charge in [-0.1, -0.05) is 30.3 Å². The maximum absolute atomic E-state index is 5.90. The third kappa shape index (κ3) is 2.79. The molecule has 2 fully saturated rings. The van der Waals surface area contributed by atoms with Gasteiger partial charge in [0, 0.05) is 25.2 Å². The molecule has 0 radical (unpaired) electrons. The Morgan fingerprint density at radius 3 is 2.95 bits per heavy atom. The molecule has 1 aromatic carbocycles. The fourth-order valence-corrected chi connectivity index (χ4v) is 3.51. The predicted molar refractivity (Wildman–Crippen MR) is 87.1 cm³/mol. The van der Waals surface area contributed by atoms with E-state index >= 15 is 0 Å². The summed E-state index contributed by atoms with van der Waals surface area (Å²) >= 11 is 0. The fourth-order valence-electron chi connectivity index (χ4n) is 3.51. The number of rotatable bonds is 4.